The van der Waals surface area contributed by atoms with Crippen LogP contribution in [0.25, 0.3) is 10.6 Å². The Morgan fingerprint density at radius 1 is 1.37 bits per heavy atom. The largest absolute Gasteiger partial charge is 0.399 e. The van der Waals surface area contributed by atoms with Crippen LogP contribution in [0, 0.1) is 0 Å². The standard InChI is InChI=1S/C11H14N4O2S2/c1-2-6-19(16,17)15-11-14-13-10(18-11)8-4-3-5-9(12)7-8/h3-5,7H,2,6,12H2,1H3,(H,14,15). The Morgan fingerprint density at radius 3 is 2.84 bits per heavy atom. The second kappa shape index (κ2) is 5.54. The topological polar surface area (TPSA) is 98.0 Å². The molecule has 1 aromatic heterocycles. The number of hydrogen-bond acceptors (Lipinski definition) is 6. The minimum absolute atomic E-state index is 0.0696. The molecule has 0 radical (unpaired) electrons. The number of nitrogens with zero attached hydrogens (tertiary/aromatic N) is 2. The van der Waals surface area contributed by atoms with Crippen LogP contribution in [0.5, 0.6) is 0 Å². The number of anilines is 2. The van der Waals surface area contributed by atoms with E-state index in [4.69, 9.17) is 5.73 Å². The van der Waals surface area contributed by atoms with Crippen LogP contribution in [0.15, 0.2) is 24.3 Å². The van der Waals surface area contributed by atoms with Gasteiger partial charge < -0.3 is 5.73 Å². The van der Waals surface area contributed by atoms with E-state index in [1.807, 2.05) is 12.1 Å². The summed E-state index contributed by atoms with van der Waals surface area (Å²) in [4.78, 5) is 0. The lowest BCUT2D eigenvalue weighted by Gasteiger charge is -2.01. The lowest BCUT2D eigenvalue weighted by atomic mass is 10.2. The lowest BCUT2D eigenvalue weighted by Crippen LogP contribution is -2.15. The molecule has 1 heterocycles. The average Bonchev–Trinajstić information content (AvgIpc) is 2.76. The van der Waals surface area contributed by atoms with Crippen LogP contribution in [0.1, 0.15) is 13.3 Å². The number of aromatic nitrogens is 2. The number of nitrogens with one attached hydrogen (secondary N) is 1. The van der Waals surface area contributed by atoms with Crippen molar-refractivity contribution in [2.75, 3.05) is 16.2 Å². The van der Waals surface area contributed by atoms with E-state index in [-0.39, 0.29) is 10.9 Å². The fourth-order valence-electron chi connectivity index (χ4n) is 1.51. The van der Waals surface area contributed by atoms with Gasteiger partial charge in [-0.05, 0) is 18.6 Å². The molecule has 0 saturated heterocycles. The van der Waals surface area contributed by atoms with Crippen molar-refractivity contribution < 1.29 is 8.42 Å². The maximum Gasteiger partial charge on any atom is 0.234 e. The molecule has 0 amide bonds. The molecule has 3 N–H and O–H groups in total. The van der Waals surface area contributed by atoms with E-state index < -0.39 is 10.0 Å². The van der Waals surface area contributed by atoms with E-state index in [0.29, 0.717) is 17.1 Å². The zero-order valence-electron chi connectivity index (χ0n) is 10.3. The van der Waals surface area contributed by atoms with E-state index in [2.05, 4.69) is 14.9 Å². The highest BCUT2D eigenvalue weighted by molar-refractivity contribution is 7.92. The van der Waals surface area contributed by atoms with Crippen LogP contribution in [0.3, 0.4) is 0 Å². The van der Waals surface area contributed by atoms with Crippen molar-refractivity contribution in [3.63, 3.8) is 0 Å². The quantitative estimate of drug-likeness (QED) is 0.822. The number of sulfonamides is 1. The number of nitrogen functional groups attached to an aromatic ring is 1. The van der Waals surface area contributed by atoms with Gasteiger partial charge in [-0.3, -0.25) is 4.72 Å². The van der Waals surface area contributed by atoms with Crippen molar-refractivity contribution in [3.05, 3.63) is 24.3 Å². The van der Waals surface area contributed by atoms with E-state index in [9.17, 15) is 8.42 Å². The summed E-state index contributed by atoms with van der Waals surface area (Å²) in [6.45, 7) is 1.80. The third-order valence-corrected chi connectivity index (χ3v) is 4.74. The average molecular weight is 298 g/mol. The maximum absolute atomic E-state index is 11.6. The summed E-state index contributed by atoms with van der Waals surface area (Å²) >= 11 is 1.18. The zero-order chi connectivity index (χ0) is 13.9. The molecule has 0 spiro atoms. The Bertz CT molecular complexity index is 667. The summed E-state index contributed by atoms with van der Waals surface area (Å²) in [5.74, 6) is 0.0696. The molecule has 8 heteroatoms. The molecular weight excluding hydrogens is 284 g/mol. The molecule has 0 aliphatic rings. The minimum Gasteiger partial charge on any atom is -0.399 e. The molecule has 0 saturated carbocycles. The molecule has 1 aromatic carbocycles. The molecule has 0 fully saturated rings. The minimum atomic E-state index is -3.33. The van der Waals surface area contributed by atoms with Gasteiger partial charge in [0, 0.05) is 11.3 Å². The highest BCUT2D eigenvalue weighted by Gasteiger charge is 2.13. The summed E-state index contributed by atoms with van der Waals surface area (Å²) < 4.78 is 25.6. The molecule has 0 bridgehead atoms. The number of nitrogens with two attached hydrogens (primary N) is 1. The van der Waals surface area contributed by atoms with Crippen LogP contribution in [0.2, 0.25) is 0 Å². The van der Waals surface area contributed by atoms with Crippen molar-refractivity contribution in [3.8, 4) is 10.6 Å². The summed E-state index contributed by atoms with van der Waals surface area (Å²) in [6.07, 6.45) is 0.552. The Kier molecular flexibility index (Phi) is 4.01. The SMILES string of the molecule is CCCS(=O)(=O)Nc1nnc(-c2cccc(N)c2)s1. The van der Waals surface area contributed by atoms with Gasteiger partial charge in [0.25, 0.3) is 0 Å². The van der Waals surface area contributed by atoms with Crippen molar-refractivity contribution in [1.82, 2.24) is 10.2 Å². The smallest absolute Gasteiger partial charge is 0.234 e. The van der Waals surface area contributed by atoms with Crippen molar-refractivity contribution in [2.45, 2.75) is 13.3 Å². The van der Waals surface area contributed by atoms with Gasteiger partial charge in [-0.15, -0.1) is 10.2 Å². The number of hydrogen-bond donors (Lipinski definition) is 2. The third kappa shape index (κ3) is 3.65. The first-order valence-electron chi connectivity index (χ1n) is 5.70. The molecule has 19 heavy (non-hydrogen) atoms. The second-order valence-electron chi connectivity index (χ2n) is 3.96. The summed E-state index contributed by atoms with van der Waals surface area (Å²) in [5.41, 5.74) is 7.13. The van der Waals surface area contributed by atoms with Gasteiger partial charge in [0.15, 0.2) is 0 Å². The Labute approximate surface area is 115 Å². The summed E-state index contributed by atoms with van der Waals surface area (Å²) in [7, 11) is -3.33. The predicted molar refractivity (Wildman–Crippen MR) is 77.5 cm³/mol. The first-order chi connectivity index (χ1) is 9.00. The van der Waals surface area contributed by atoms with Gasteiger partial charge in [0.2, 0.25) is 15.2 Å². The van der Waals surface area contributed by atoms with Crippen LogP contribution in [0.4, 0.5) is 10.8 Å². The van der Waals surface area contributed by atoms with E-state index in [0.717, 1.165) is 5.56 Å². The monoisotopic (exact) mass is 298 g/mol. The first kappa shape index (κ1) is 13.8. The molecule has 2 rings (SSSR count). The Hall–Kier alpha value is -1.67. The van der Waals surface area contributed by atoms with Crippen LogP contribution in [-0.2, 0) is 10.0 Å². The predicted octanol–water partition coefficient (Wildman–Crippen LogP) is 1.94. The molecule has 2 aromatic rings. The second-order valence-corrected chi connectivity index (χ2v) is 6.78. The highest BCUT2D eigenvalue weighted by atomic mass is 32.2. The number of benzene rings is 1. The molecule has 0 unspecified atom stereocenters. The van der Waals surface area contributed by atoms with E-state index >= 15 is 0 Å². The van der Waals surface area contributed by atoms with Crippen LogP contribution < -0.4 is 10.5 Å². The molecule has 6 nitrogen and oxygen atoms in total. The molecule has 0 aliphatic heterocycles. The zero-order valence-corrected chi connectivity index (χ0v) is 12.0. The molecule has 0 atom stereocenters. The van der Waals surface area contributed by atoms with Gasteiger partial charge in [-0.25, -0.2) is 8.42 Å². The Balaban J connectivity index is 2.20. The van der Waals surface area contributed by atoms with Crippen LogP contribution in [-0.4, -0.2) is 24.4 Å². The van der Waals surface area contributed by atoms with Gasteiger partial charge in [-0.1, -0.05) is 30.4 Å². The van der Waals surface area contributed by atoms with Gasteiger partial charge in [0.05, 0.1) is 5.75 Å². The summed E-state index contributed by atoms with van der Waals surface area (Å²) in [5, 5.41) is 8.68. The van der Waals surface area contributed by atoms with E-state index in [1.54, 1.807) is 19.1 Å². The molecule has 0 aliphatic carbocycles. The van der Waals surface area contributed by atoms with Crippen molar-refractivity contribution >= 4 is 32.2 Å². The van der Waals surface area contributed by atoms with Crippen LogP contribution >= 0.6 is 11.3 Å². The third-order valence-electron chi connectivity index (χ3n) is 2.27. The maximum atomic E-state index is 11.6. The normalized spacial score (nSPS) is 11.4. The lowest BCUT2D eigenvalue weighted by molar-refractivity contribution is 0.600. The van der Waals surface area contributed by atoms with Crippen molar-refractivity contribution in [2.24, 2.45) is 0 Å². The fraction of sp³-hybridized carbons (Fsp3) is 0.273. The number of rotatable bonds is 5. The van der Waals surface area contributed by atoms with Gasteiger partial charge >= 0.3 is 0 Å². The first-order valence-corrected chi connectivity index (χ1v) is 8.17. The van der Waals surface area contributed by atoms with E-state index in [1.165, 1.54) is 11.3 Å². The van der Waals surface area contributed by atoms with Gasteiger partial charge in [0.1, 0.15) is 5.01 Å². The molecular formula is C11H14N4O2S2. The summed E-state index contributed by atoms with van der Waals surface area (Å²) in [6, 6.07) is 7.20. The Morgan fingerprint density at radius 2 is 2.16 bits per heavy atom. The molecule has 102 valence electrons. The van der Waals surface area contributed by atoms with Crippen molar-refractivity contribution in [1.29, 1.82) is 0 Å². The highest BCUT2D eigenvalue weighted by Crippen LogP contribution is 2.27. The van der Waals surface area contributed by atoms with Gasteiger partial charge in [-0.2, -0.15) is 0 Å². The fourth-order valence-corrected chi connectivity index (χ4v) is 3.59.